The molecule has 7 heteroatoms. The number of primary amides is 1. The topological polar surface area (TPSA) is 93.9 Å². The average molecular weight is 319 g/mol. The normalized spacial score (nSPS) is 24.7. The first kappa shape index (κ1) is 15.9. The van der Waals surface area contributed by atoms with Gasteiger partial charge in [0.05, 0.1) is 37.1 Å². The van der Waals surface area contributed by atoms with Gasteiger partial charge in [-0.3, -0.25) is 14.5 Å². The first-order chi connectivity index (χ1) is 11.1. The van der Waals surface area contributed by atoms with Gasteiger partial charge in [-0.1, -0.05) is 12.1 Å². The van der Waals surface area contributed by atoms with Crippen LogP contribution in [0.1, 0.15) is 16.8 Å². The highest BCUT2D eigenvalue weighted by atomic mass is 16.5. The van der Waals surface area contributed by atoms with Crippen molar-refractivity contribution in [1.29, 1.82) is 0 Å². The molecule has 2 atom stereocenters. The van der Waals surface area contributed by atoms with Crippen molar-refractivity contribution >= 4 is 17.5 Å². The van der Waals surface area contributed by atoms with E-state index in [-0.39, 0.29) is 24.6 Å². The van der Waals surface area contributed by atoms with Gasteiger partial charge >= 0.3 is 0 Å². The van der Waals surface area contributed by atoms with Crippen molar-refractivity contribution in [1.82, 2.24) is 4.90 Å². The highest BCUT2D eigenvalue weighted by Crippen LogP contribution is 2.22. The molecule has 2 amide bonds. The minimum Gasteiger partial charge on any atom is -0.379 e. The van der Waals surface area contributed by atoms with Crippen LogP contribution in [0.15, 0.2) is 24.3 Å². The Labute approximate surface area is 134 Å². The molecular formula is C16H21N3O4. The molecule has 2 aliphatic heterocycles. The number of nitrogens with one attached hydrogen (secondary N) is 1. The molecule has 2 saturated heterocycles. The molecule has 0 saturated carbocycles. The summed E-state index contributed by atoms with van der Waals surface area (Å²) >= 11 is 0. The summed E-state index contributed by atoms with van der Waals surface area (Å²) in [6.07, 6.45) is 0.888. The molecule has 0 aliphatic carbocycles. The third kappa shape index (κ3) is 3.69. The lowest BCUT2D eigenvalue weighted by atomic mass is 10.0. The van der Waals surface area contributed by atoms with Crippen molar-refractivity contribution in [3.05, 3.63) is 29.8 Å². The summed E-state index contributed by atoms with van der Waals surface area (Å²) in [7, 11) is 0. The van der Waals surface area contributed by atoms with E-state index in [0.717, 1.165) is 6.42 Å². The first-order valence-corrected chi connectivity index (χ1v) is 7.77. The van der Waals surface area contributed by atoms with E-state index >= 15 is 0 Å². The van der Waals surface area contributed by atoms with E-state index in [1.165, 1.54) is 0 Å². The van der Waals surface area contributed by atoms with Crippen molar-refractivity contribution in [3.63, 3.8) is 0 Å². The number of morpholine rings is 1. The minimum atomic E-state index is -0.559. The Hall–Kier alpha value is -1.96. The summed E-state index contributed by atoms with van der Waals surface area (Å²) in [5.74, 6) is -0.720. The van der Waals surface area contributed by atoms with Gasteiger partial charge in [0.25, 0.3) is 5.91 Å². The number of ether oxygens (including phenoxy) is 2. The van der Waals surface area contributed by atoms with E-state index in [4.69, 9.17) is 15.2 Å². The summed E-state index contributed by atoms with van der Waals surface area (Å²) in [6, 6.07) is 6.94. The summed E-state index contributed by atoms with van der Waals surface area (Å²) in [4.78, 5) is 25.9. The Kier molecular flexibility index (Phi) is 4.90. The van der Waals surface area contributed by atoms with Gasteiger partial charge in [0.2, 0.25) is 5.91 Å². The monoisotopic (exact) mass is 319 g/mol. The number of amides is 2. The largest absolute Gasteiger partial charge is 0.379 e. The molecule has 0 radical (unpaired) electrons. The molecular weight excluding hydrogens is 298 g/mol. The molecule has 0 unspecified atom stereocenters. The molecule has 0 aromatic heterocycles. The summed E-state index contributed by atoms with van der Waals surface area (Å²) in [6.45, 7) is 2.83. The number of nitrogens with two attached hydrogens (primary N) is 1. The zero-order chi connectivity index (χ0) is 16.2. The smallest absolute Gasteiger partial charge is 0.250 e. The third-order valence-corrected chi connectivity index (χ3v) is 4.26. The van der Waals surface area contributed by atoms with Crippen molar-refractivity contribution in [2.45, 2.75) is 18.6 Å². The number of nitrogens with zero attached hydrogens (tertiary/aromatic N) is 1. The number of rotatable bonds is 4. The van der Waals surface area contributed by atoms with Gasteiger partial charge < -0.3 is 20.5 Å². The van der Waals surface area contributed by atoms with Gasteiger partial charge in [0.1, 0.15) is 0 Å². The molecule has 0 spiro atoms. The molecule has 3 N–H and O–H groups in total. The van der Waals surface area contributed by atoms with Crippen molar-refractivity contribution in [2.24, 2.45) is 5.73 Å². The van der Waals surface area contributed by atoms with Crippen molar-refractivity contribution in [3.8, 4) is 0 Å². The summed E-state index contributed by atoms with van der Waals surface area (Å²) in [5.41, 5.74) is 6.09. The number of carbonyl (C=O) groups excluding carboxylic acids is 2. The number of fused-ring (bicyclic) bond motifs is 1. The van der Waals surface area contributed by atoms with Crippen molar-refractivity contribution in [2.75, 3.05) is 38.2 Å². The molecule has 1 aromatic carbocycles. The number of carbonyl (C=O) groups is 2. The van der Waals surface area contributed by atoms with Crippen LogP contribution in [0.25, 0.3) is 0 Å². The van der Waals surface area contributed by atoms with Crippen LogP contribution >= 0.6 is 0 Å². The number of hydrogen-bond acceptors (Lipinski definition) is 5. The number of anilines is 1. The second-order valence-electron chi connectivity index (χ2n) is 5.77. The second kappa shape index (κ2) is 7.08. The Morgan fingerprint density at radius 1 is 1.30 bits per heavy atom. The predicted molar refractivity (Wildman–Crippen MR) is 84.1 cm³/mol. The fraction of sp³-hybridized carbons (Fsp3) is 0.500. The van der Waals surface area contributed by atoms with Gasteiger partial charge in [-0.15, -0.1) is 0 Å². The minimum absolute atomic E-state index is 0.0307. The number of benzene rings is 1. The average Bonchev–Trinajstić information content (AvgIpc) is 2.55. The fourth-order valence-electron chi connectivity index (χ4n) is 3.14. The zero-order valence-corrected chi connectivity index (χ0v) is 12.9. The molecule has 1 aromatic rings. The number of hydrogen-bond donors (Lipinski definition) is 2. The second-order valence-corrected chi connectivity index (χ2v) is 5.77. The zero-order valence-electron chi connectivity index (χ0n) is 12.9. The van der Waals surface area contributed by atoms with Gasteiger partial charge in [0, 0.05) is 19.2 Å². The molecule has 0 bridgehead atoms. The molecule has 3 rings (SSSR count). The van der Waals surface area contributed by atoms with E-state index < -0.39 is 5.91 Å². The van der Waals surface area contributed by atoms with E-state index in [0.29, 0.717) is 37.6 Å². The SMILES string of the molecule is NC(=O)c1ccccc1NC(=O)CN1CCO[C@@H]2COCC[C@@H]21. The molecule has 23 heavy (non-hydrogen) atoms. The van der Waals surface area contributed by atoms with Gasteiger partial charge in [-0.25, -0.2) is 0 Å². The fourth-order valence-corrected chi connectivity index (χ4v) is 3.14. The van der Waals surface area contributed by atoms with Crippen LogP contribution in [0.3, 0.4) is 0 Å². The lowest BCUT2D eigenvalue weighted by Crippen LogP contribution is -2.57. The maximum absolute atomic E-state index is 12.4. The summed E-state index contributed by atoms with van der Waals surface area (Å²) < 4.78 is 11.1. The maximum Gasteiger partial charge on any atom is 0.250 e. The van der Waals surface area contributed by atoms with Crippen LogP contribution in [0.4, 0.5) is 5.69 Å². The van der Waals surface area contributed by atoms with Crippen LogP contribution in [-0.4, -0.2) is 61.8 Å². The Bertz CT molecular complexity index is 590. The predicted octanol–water partition coefficient (Wildman–Crippen LogP) is 0.214. The van der Waals surface area contributed by atoms with Gasteiger partial charge in [0.15, 0.2) is 0 Å². The molecule has 2 fully saturated rings. The quantitative estimate of drug-likeness (QED) is 0.827. The Morgan fingerprint density at radius 2 is 2.13 bits per heavy atom. The van der Waals surface area contributed by atoms with E-state index in [1.54, 1.807) is 24.3 Å². The molecule has 2 aliphatic rings. The lowest BCUT2D eigenvalue weighted by Gasteiger charge is -2.43. The van der Waals surface area contributed by atoms with Crippen LogP contribution in [0, 0.1) is 0 Å². The van der Waals surface area contributed by atoms with Crippen molar-refractivity contribution < 1.29 is 19.1 Å². The van der Waals surface area contributed by atoms with E-state index in [2.05, 4.69) is 10.2 Å². The van der Waals surface area contributed by atoms with Crippen LogP contribution in [0.5, 0.6) is 0 Å². The molecule has 7 nitrogen and oxygen atoms in total. The van der Waals surface area contributed by atoms with E-state index in [9.17, 15) is 9.59 Å². The highest BCUT2D eigenvalue weighted by Gasteiger charge is 2.35. The van der Waals surface area contributed by atoms with Gasteiger partial charge in [-0.2, -0.15) is 0 Å². The maximum atomic E-state index is 12.4. The van der Waals surface area contributed by atoms with E-state index in [1.807, 2.05) is 0 Å². The first-order valence-electron chi connectivity index (χ1n) is 7.77. The molecule has 2 heterocycles. The Balaban J connectivity index is 1.64. The van der Waals surface area contributed by atoms with Crippen LogP contribution in [0.2, 0.25) is 0 Å². The van der Waals surface area contributed by atoms with Crippen LogP contribution in [-0.2, 0) is 14.3 Å². The lowest BCUT2D eigenvalue weighted by molar-refractivity contribution is -0.142. The van der Waals surface area contributed by atoms with Crippen LogP contribution < -0.4 is 11.1 Å². The Morgan fingerprint density at radius 3 is 2.96 bits per heavy atom. The summed E-state index contributed by atoms with van der Waals surface area (Å²) in [5, 5.41) is 2.78. The number of para-hydroxylation sites is 1. The highest BCUT2D eigenvalue weighted by molar-refractivity contribution is 6.03. The standard InChI is InChI=1S/C16H21N3O4/c17-16(21)11-3-1-2-4-12(11)18-15(20)9-19-6-8-23-14-10-22-7-5-13(14)19/h1-4,13-14H,5-10H2,(H2,17,21)(H,18,20)/t13-,14+/m0/s1. The third-order valence-electron chi connectivity index (χ3n) is 4.26. The molecule has 124 valence electrons. The van der Waals surface area contributed by atoms with Gasteiger partial charge in [-0.05, 0) is 18.6 Å².